The largest absolute Gasteiger partial charge is 0.478 e. The van der Waals surface area contributed by atoms with Crippen LogP contribution in [0.15, 0.2) is 29.6 Å². The number of thiophene rings is 1. The summed E-state index contributed by atoms with van der Waals surface area (Å²) in [4.78, 5) is 11.8. The van der Waals surface area contributed by atoms with Crippen LogP contribution in [0.5, 0.6) is 0 Å². The molecule has 16 heavy (non-hydrogen) atoms. The molecule has 1 aromatic heterocycles. The molecule has 0 spiro atoms. The molecule has 82 valence electrons. The second-order valence-corrected chi connectivity index (χ2v) is 4.79. The van der Waals surface area contributed by atoms with Crippen LogP contribution in [0.2, 0.25) is 0 Å². The molecule has 2 rings (SSSR count). The SMILES string of the molecule is Cc1cc(C)cc(-c2cc(C(=O)O)cs2)c1. The average Bonchev–Trinajstić information content (AvgIpc) is 2.64. The van der Waals surface area contributed by atoms with E-state index in [4.69, 9.17) is 5.11 Å². The Bertz CT molecular complexity index is 520. The molecule has 0 fully saturated rings. The average molecular weight is 232 g/mol. The van der Waals surface area contributed by atoms with Crippen LogP contribution in [0, 0.1) is 13.8 Å². The van der Waals surface area contributed by atoms with E-state index in [-0.39, 0.29) is 0 Å². The number of aryl methyl sites for hydroxylation is 2. The van der Waals surface area contributed by atoms with Gasteiger partial charge in [0.15, 0.2) is 0 Å². The van der Waals surface area contributed by atoms with Crippen molar-refractivity contribution in [2.75, 3.05) is 0 Å². The molecule has 0 radical (unpaired) electrons. The highest BCUT2D eigenvalue weighted by Crippen LogP contribution is 2.28. The molecular weight excluding hydrogens is 220 g/mol. The lowest BCUT2D eigenvalue weighted by Gasteiger charge is -2.01. The van der Waals surface area contributed by atoms with Gasteiger partial charge in [-0.15, -0.1) is 11.3 Å². The summed E-state index contributed by atoms with van der Waals surface area (Å²) in [6.07, 6.45) is 0. The van der Waals surface area contributed by atoms with Gasteiger partial charge in [0.05, 0.1) is 5.56 Å². The van der Waals surface area contributed by atoms with Gasteiger partial charge in [0, 0.05) is 10.3 Å². The molecule has 0 aliphatic heterocycles. The molecule has 0 aliphatic rings. The van der Waals surface area contributed by atoms with Gasteiger partial charge in [0.25, 0.3) is 0 Å². The lowest BCUT2D eigenvalue weighted by Crippen LogP contribution is -1.91. The van der Waals surface area contributed by atoms with Gasteiger partial charge in [0.1, 0.15) is 0 Å². The molecule has 0 atom stereocenters. The predicted octanol–water partition coefficient (Wildman–Crippen LogP) is 3.73. The first-order chi connectivity index (χ1) is 7.56. The summed E-state index contributed by atoms with van der Waals surface area (Å²) in [7, 11) is 0. The van der Waals surface area contributed by atoms with Crippen molar-refractivity contribution in [2.45, 2.75) is 13.8 Å². The highest BCUT2D eigenvalue weighted by Gasteiger charge is 2.08. The van der Waals surface area contributed by atoms with Gasteiger partial charge in [-0.25, -0.2) is 4.79 Å². The van der Waals surface area contributed by atoms with Crippen LogP contribution < -0.4 is 0 Å². The smallest absolute Gasteiger partial charge is 0.336 e. The van der Waals surface area contributed by atoms with Crippen molar-refractivity contribution < 1.29 is 9.90 Å². The number of carbonyl (C=O) groups is 1. The van der Waals surface area contributed by atoms with E-state index >= 15 is 0 Å². The van der Waals surface area contributed by atoms with Gasteiger partial charge in [-0.05, 0) is 25.5 Å². The lowest BCUT2D eigenvalue weighted by molar-refractivity contribution is 0.0697. The first kappa shape index (κ1) is 10.9. The minimum Gasteiger partial charge on any atom is -0.478 e. The Morgan fingerprint density at radius 1 is 1.12 bits per heavy atom. The van der Waals surface area contributed by atoms with E-state index in [1.165, 1.54) is 22.5 Å². The van der Waals surface area contributed by atoms with E-state index in [1.54, 1.807) is 11.4 Å². The number of hydrogen-bond acceptors (Lipinski definition) is 2. The minimum atomic E-state index is -0.869. The summed E-state index contributed by atoms with van der Waals surface area (Å²) in [5.41, 5.74) is 3.84. The highest BCUT2D eigenvalue weighted by atomic mass is 32.1. The van der Waals surface area contributed by atoms with Crippen LogP contribution in [0.4, 0.5) is 0 Å². The van der Waals surface area contributed by atoms with Crippen molar-refractivity contribution in [3.8, 4) is 10.4 Å². The molecule has 0 aliphatic carbocycles. The van der Waals surface area contributed by atoms with Gasteiger partial charge >= 0.3 is 5.97 Å². The van der Waals surface area contributed by atoms with E-state index < -0.39 is 5.97 Å². The van der Waals surface area contributed by atoms with Crippen molar-refractivity contribution >= 4 is 17.3 Å². The number of hydrogen-bond donors (Lipinski definition) is 1. The van der Waals surface area contributed by atoms with Crippen LogP contribution in [-0.4, -0.2) is 11.1 Å². The van der Waals surface area contributed by atoms with Gasteiger partial charge in [-0.2, -0.15) is 0 Å². The molecule has 0 amide bonds. The molecule has 1 heterocycles. The summed E-state index contributed by atoms with van der Waals surface area (Å²) < 4.78 is 0. The van der Waals surface area contributed by atoms with Crippen molar-refractivity contribution in [1.29, 1.82) is 0 Å². The van der Waals surface area contributed by atoms with Gasteiger partial charge < -0.3 is 5.11 Å². The van der Waals surface area contributed by atoms with Crippen molar-refractivity contribution in [3.05, 3.63) is 46.3 Å². The molecular formula is C13H12O2S. The first-order valence-corrected chi connectivity index (χ1v) is 5.85. The van der Waals surface area contributed by atoms with E-state index in [2.05, 4.69) is 18.2 Å². The second-order valence-electron chi connectivity index (χ2n) is 3.88. The Morgan fingerprint density at radius 2 is 1.75 bits per heavy atom. The van der Waals surface area contributed by atoms with Gasteiger partial charge in [-0.1, -0.05) is 29.3 Å². The van der Waals surface area contributed by atoms with Gasteiger partial charge in [0.2, 0.25) is 0 Å². The number of benzene rings is 1. The maximum atomic E-state index is 10.8. The van der Waals surface area contributed by atoms with Crippen molar-refractivity contribution in [1.82, 2.24) is 0 Å². The fourth-order valence-electron chi connectivity index (χ4n) is 1.72. The number of carboxylic acid groups (broad SMARTS) is 1. The highest BCUT2D eigenvalue weighted by molar-refractivity contribution is 7.13. The Kier molecular flexibility index (Phi) is 2.79. The third kappa shape index (κ3) is 2.14. The maximum absolute atomic E-state index is 10.8. The van der Waals surface area contributed by atoms with Crippen LogP contribution in [-0.2, 0) is 0 Å². The fraction of sp³-hybridized carbons (Fsp3) is 0.154. The number of rotatable bonds is 2. The Labute approximate surface area is 98.2 Å². The van der Waals surface area contributed by atoms with Crippen LogP contribution in [0.25, 0.3) is 10.4 Å². The fourth-order valence-corrected chi connectivity index (χ4v) is 2.59. The molecule has 2 aromatic rings. The maximum Gasteiger partial charge on any atom is 0.336 e. The zero-order valence-electron chi connectivity index (χ0n) is 9.15. The minimum absolute atomic E-state index is 0.360. The van der Waals surface area contributed by atoms with Crippen LogP contribution in [0.1, 0.15) is 21.5 Å². The Hall–Kier alpha value is -1.61. The summed E-state index contributed by atoms with van der Waals surface area (Å²) in [5.74, 6) is -0.869. The number of carboxylic acids is 1. The quantitative estimate of drug-likeness (QED) is 0.856. The molecule has 1 N–H and O–H groups in total. The third-order valence-electron chi connectivity index (χ3n) is 2.35. The normalized spacial score (nSPS) is 10.4. The van der Waals surface area contributed by atoms with E-state index in [9.17, 15) is 4.79 Å². The third-order valence-corrected chi connectivity index (χ3v) is 3.33. The standard InChI is InChI=1S/C13H12O2S/c1-8-3-9(2)5-10(4-8)12-6-11(7-16-12)13(14)15/h3-7H,1-2H3,(H,14,15). The Morgan fingerprint density at radius 3 is 2.25 bits per heavy atom. The lowest BCUT2D eigenvalue weighted by atomic mass is 10.1. The summed E-state index contributed by atoms with van der Waals surface area (Å²) in [6.45, 7) is 4.09. The zero-order valence-corrected chi connectivity index (χ0v) is 9.97. The molecule has 0 saturated carbocycles. The molecule has 0 unspecified atom stereocenters. The summed E-state index contributed by atoms with van der Waals surface area (Å²) in [6, 6.07) is 7.98. The molecule has 3 heteroatoms. The molecule has 0 bridgehead atoms. The molecule has 1 aromatic carbocycles. The second kappa shape index (κ2) is 4.10. The summed E-state index contributed by atoms with van der Waals surface area (Å²) >= 11 is 1.47. The topological polar surface area (TPSA) is 37.3 Å². The number of aromatic carboxylic acids is 1. The molecule has 2 nitrogen and oxygen atoms in total. The zero-order chi connectivity index (χ0) is 11.7. The van der Waals surface area contributed by atoms with Crippen molar-refractivity contribution in [3.63, 3.8) is 0 Å². The Balaban J connectivity index is 2.46. The first-order valence-electron chi connectivity index (χ1n) is 4.97. The van der Waals surface area contributed by atoms with Gasteiger partial charge in [-0.3, -0.25) is 0 Å². The van der Waals surface area contributed by atoms with Crippen molar-refractivity contribution in [2.24, 2.45) is 0 Å². The van der Waals surface area contributed by atoms with E-state index in [0.29, 0.717) is 5.56 Å². The van der Waals surface area contributed by atoms with E-state index in [1.807, 2.05) is 13.8 Å². The molecule has 0 saturated heterocycles. The van der Waals surface area contributed by atoms with Crippen LogP contribution in [0.3, 0.4) is 0 Å². The summed E-state index contributed by atoms with van der Waals surface area (Å²) in [5, 5.41) is 10.5. The van der Waals surface area contributed by atoms with E-state index in [0.717, 1.165) is 10.4 Å². The predicted molar refractivity (Wildman–Crippen MR) is 66.2 cm³/mol. The van der Waals surface area contributed by atoms with Crippen LogP contribution >= 0.6 is 11.3 Å². The monoisotopic (exact) mass is 232 g/mol.